The lowest BCUT2D eigenvalue weighted by molar-refractivity contribution is -0.645. The molecule has 0 amide bonds. The number of fused-ring (bicyclic) bond motifs is 1. The number of hydrogen-bond donors (Lipinski definition) is 3. The number of H-pyrrole nitrogens is 1. The number of anilines is 1. The van der Waals surface area contributed by atoms with Crippen LogP contribution in [0.15, 0.2) is 18.3 Å². The molecular weight excluding hydrogens is 200 g/mol. The maximum absolute atomic E-state index is 6.02. The van der Waals surface area contributed by atoms with E-state index in [1.165, 1.54) is 11.1 Å². The molecule has 0 aliphatic carbocycles. The second-order valence-corrected chi connectivity index (χ2v) is 4.11. The highest BCUT2D eigenvalue weighted by atomic mass is 15.0. The third-order valence-corrected chi connectivity index (χ3v) is 2.91. The first-order valence-electron chi connectivity index (χ1n) is 5.63. The summed E-state index contributed by atoms with van der Waals surface area (Å²) in [5.41, 5.74) is 9.58. The molecule has 0 atom stereocenters. The van der Waals surface area contributed by atoms with Gasteiger partial charge in [-0.05, 0) is 32.5 Å². The lowest BCUT2D eigenvalue weighted by Gasteiger charge is -1.99. The van der Waals surface area contributed by atoms with Crippen LogP contribution >= 0.6 is 0 Å². The van der Waals surface area contributed by atoms with Gasteiger partial charge in [0, 0.05) is 6.07 Å². The first-order valence-corrected chi connectivity index (χ1v) is 5.63. The minimum Gasteiger partial charge on any atom is -0.385 e. The van der Waals surface area contributed by atoms with Crippen molar-refractivity contribution in [3.8, 4) is 0 Å². The minimum absolute atomic E-state index is 0.799. The zero-order chi connectivity index (χ0) is 11.5. The van der Waals surface area contributed by atoms with E-state index in [2.05, 4.69) is 34.2 Å². The molecular formula is C12H19N4+. The summed E-state index contributed by atoms with van der Waals surface area (Å²) in [5, 5.41) is 3.15. The van der Waals surface area contributed by atoms with Gasteiger partial charge in [0.1, 0.15) is 18.4 Å². The summed E-state index contributed by atoms with van der Waals surface area (Å²) in [4.78, 5) is 3.23. The van der Waals surface area contributed by atoms with Crippen LogP contribution in [0.5, 0.6) is 0 Å². The van der Waals surface area contributed by atoms with Crippen LogP contribution in [0.25, 0.3) is 11.0 Å². The molecule has 2 aromatic heterocycles. The van der Waals surface area contributed by atoms with E-state index in [0.717, 1.165) is 30.7 Å². The molecule has 0 spiro atoms. The summed E-state index contributed by atoms with van der Waals surface area (Å²) < 4.78 is 2.12. The first-order chi connectivity index (χ1) is 7.74. The molecule has 0 saturated carbocycles. The number of aryl methyl sites for hydroxylation is 2. The molecule has 0 bridgehead atoms. The Balaban J connectivity index is 2.38. The van der Waals surface area contributed by atoms with E-state index in [4.69, 9.17) is 5.73 Å². The molecule has 4 nitrogen and oxygen atoms in total. The number of rotatable bonds is 4. The number of nitrogen functional groups attached to an aromatic ring is 1. The van der Waals surface area contributed by atoms with Gasteiger partial charge in [-0.3, -0.25) is 0 Å². The fourth-order valence-electron chi connectivity index (χ4n) is 2.13. The quantitative estimate of drug-likeness (QED) is 0.524. The molecule has 4 N–H and O–H groups in total. The molecule has 86 valence electrons. The number of nitrogens with zero attached hydrogens (tertiary/aromatic N) is 1. The summed E-state index contributed by atoms with van der Waals surface area (Å²) in [6, 6.07) is 4.09. The van der Waals surface area contributed by atoms with E-state index in [1.807, 2.05) is 13.1 Å². The molecule has 0 radical (unpaired) electrons. The fraction of sp³-hybridized carbons (Fsp3) is 0.417. The molecule has 0 aliphatic rings. The van der Waals surface area contributed by atoms with Crippen molar-refractivity contribution < 1.29 is 4.57 Å². The van der Waals surface area contributed by atoms with Gasteiger partial charge in [-0.2, -0.15) is 4.57 Å². The lowest BCUT2D eigenvalue weighted by atomic mass is 10.1. The number of hydrogen-bond acceptors (Lipinski definition) is 2. The average molecular weight is 219 g/mol. The maximum atomic E-state index is 6.02. The van der Waals surface area contributed by atoms with Crippen LogP contribution in [0, 0.1) is 0 Å². The molecule has 4 heteroatoms. The van der Waals surface area contributed by atoms with Crippen molar-refractivity contribution in [2.24, 2.45) is 7.05 Å². The standard InChI is InChI=1S/C12H18N4/c1-14-7-3-5-9-11-10(15-12(9)13)6-4-8-16(11)2/h4,6,8,14H,3,5,7H2,1-2H3,(H2,13,15)/p+1. The van der Waals surface area contributed by atoms with Gasteiger partial charge in [-0.25, -0.2) is 0 Å². The summed E-state index contributed by atoms with van der Waals surface area (Å²) in [6.45, 7) is 1.02. The number of pyridine rings is 1. The Hall–Kier alpha value is -1.55. The van der Waals surface area contributed by atoms with Crippen LogP contribution < -0.4 is 15.6 Å². The van der Waals surface area contributed by atoms with Crippen LogP contribution in [-0.4, -0.2) is 18.6 Å². The highest BCUT2D eigenvalue weighted by Gasteiger charge is 2.16. The van der Waals surface area contributed by atoms with E-state index < -0.39 is 0 Å². The smallest absolute Gasteiger partial charge is 0.235 e. The van der Waals surface area contributed by atoms with E-state index in [9.17, 15) is 0 Å². The predicted molar refractivity (Wildman–Crippen MR) is 66.1 cm³/mol. The van der Waals surface area contributed by atoms with Gasteiger partial charge in [-0.15, -0.1) is 0 Å². The summed E-state index contributed by atoms with van der Waals surface area (Å²) in [5.74, 6) is 0.799. The Morgan fingerprint density at radius 2 is 2.31 bits per heavy atom. The van der Waals surface area contributed by atoms with Crippen molar-refractivity contribution in [2.75, 3.05) is 19.3 Å². The number of nitrogens with two attached hydrogens (primary N) is 1. The molecule has 0 saturated heterocycles. The van der Waals surface area contributed by atoms with E-state index >= 15 is 0 Å². The molecule has 0 aliphatic heterocycles. The monoisotopic (exact) mass is 219 g/mol. The molecule has 16 heavy (non-hydrogen) atoms. The molecule has 2 rings (SSSR count). The van der Waals surface area contributed by atoms with Crippen molar-refractivity contribution in [1.82, 2.24) is 10.3 Å². The van der Waals surface area contributed by atoms with Gasteiger partial charge in [0.2, 0.25) is 5.52 Å². The van der Waals surface area contributed by atoms with Gasteiger partial charge >= 0.3 is 0 Å². The van der Waals surface area contributed by atoms with Gasteiger partial charge in [0.05, 0.1) is 5.56 Å². The van der Waals surface area contributed by atoms with Crippen LogP contribution in [0.1, 0.15) is 12.0 Å². The van der Waals surface area contributed by atoms with Crippen molar-refractivity contribution in [2.45, 2.75) is 12.8 Å². The van der Waals surface area contributed by atoms with Crippen LogP contribution in [0.3, 0.4) is 0 Å². The van der Waals surface area contributed by atoms with E-state index in [1.54, 1.807) is 0 Å². The zero-order valence-corrected chi connectivity index (χ0v) is 9.88. The normalized spacial score (nSPS) is 11.1. The van der Waals surface area contributed by atoms with Crippen LogP contribution in [0.2, 0.25) is 0 Å². The number of aromatic nitrogens is 2. The van der Waals surface area contributed by atoms with Crippen molar-refractivity contribution in [3.63, 3.8) is 0 Å². The highest BCUT2D eigenvalue weighted by molar-refractivity contribution is 5.81. The zero-order valence-electron chi connectivity index (χ0n) is 9.88. The number of aromatic amines is 1. The lowest BCUT2D eigenvalue weighted by Crippen LogP contribution is -2.28. The second kappa shape index (κ2) is 4.53. The Morgan fingerprint density at radius 3 is 3.06 bits per heavy atom. The van der Waals surface area contributed by atoms with Crippen molar-refractivity contribution in [3.05, 3.63) is 23.9 Å². The van der Waals surface area contributed by atoms with Crippen LogP contribution in [-0.2, 0) is 13.5 Å². The highest BCUT2D eigenvalue weighted by Crippen LogP contribution is 2.21. The van der Waals surface area contributed by atoms with Crippen LogP contribution in [0.4, 0.5) is 5.82 Å². The molecule has 0 fully saturated rings. The average Bonchev–Trinajstić information content (AvgIpc) is 2.57. The summed E-state index contributed by atoms with van der Waals surface area (Å²) >= 11 is 0. The predicted octanol–water partition coefficient (Wildman–Crippen LogP) is 0.727. The SMILES string of the molecule is CNCCCc1c(N)[nH]c2ccc[n+](C)c12. The Kier molecular flexibility index (Phi) is 3.10. The summed E-state index contributed by atoms with van der Waals surface area (Å²) in [7, 11) is 4.02. The second-order valence-electron chi connectivity index (χ2n) is 4.11. The third-order valence-electron chi connectivity index (χ3n) is 2.91. The minimum atomic E-state index is 0.799. The summed E-state index contributed by atoms with van der Waals surface area (Å²) in [6.07, 6.45) is 4.16. The van der Waals surface area contributed by atoms with E-state index in [0.29, 0.717) is 0 Å². The van der Waals surface area contributed by atoms with Gasteiger partial charge in [0.15, 0.2) is 6.20 Å². The Morgan fingerprint density at radius 1 is 1.50 bits per heavy atom. The third kappa shape index (κ3) is 1.88. The van der Waals surface area contributed by atoms with E-state index in [-0.39, 0.29) is 0 Å². The maximum Gasteiger partial charge on any atom is 0.235 e. The Bertz CT molecular complexity index is 487. The van der Waals surface area contributed by atoms with Gasteiger partial charge in [-0.1, -0.05) is 0 Å². The molecule has 2 heterocycles. The number of nitrogens with one attached hydrogen (secondary N) is 2. The van der Waals surface area contributed by atoms with Crippen molar-refractivity contribution >= 4 is 16.9 Å². The molecule has 0 unspecified atom stereocenters. The molecule has 2 aromatic rings. The van der Waals surface area contributed by atoms with Gasteiger partial charge in [0.25, 0.3) is 0 Å². The first kappa shape index (κ1) is 11.0. The Labute approximate surface area is 95.5 Å². The topological polar surface area (TPSA) is 57.7 Å². The molecule has 0 aromatic carbocycles. The van der Waals surface area contributed by atoms with Crippen molar-refractivity contribution in [1.29, 1.82) is 0 Å². The van der Waals surface area contributed by atoms with Gasteiger partial charge < -0.3 is 16.0 Å². The largest absolute Gasteiger partial charge is 0.385 e. The fourth-order valence-corrected chi connectivity index (χ4v) is 2.13.